The molecular formula is C26H26N4O2S. The van der Waals surface area contributed by atoms with Crippen LogP contribution in [0.3, 0.4) is 0 Å². The van der Waals surface area contributed by atoms with Crippen LogP contribution < -0.4 is 10.2 Å². The zero-order valence-electron chi connectivity index (χ0n) is 18.3. The number of thiophene rings is 1. The normalized spacial score (nSPS) is 17.3. The largest absolute Gasteiger partial charge is 0.378 e. The van der Waals surface area contributed by atoms with Gasteiger partial charge in [0.05, 0.1) is 30.5 Å². The first-order valence-electron chi connectivity index (χ1n) is 11.5. The SMILES string of the molecule is O=C(NC(c1ccsc1)C1CC1)c1ccc2[nH]nc(-c3ccc(N4CCOCC4)cc3)c2c1. The molecule has 33 heavy (non-hydrogen) atoms. The number of carbonyl (C=O) groups is 1. The lowest BCUT2D eigenvalue weighted by Crippen LogP contribution is -2.36. The van der Waals surface area contributed by atoms with Crippen molar-refractivity contribution in [2.75, 3.05) is 31.2 Å². The van der Waals surface area contributed by atoms with Gasteiger partial charge in [-0.15, -0.1) is 0 Å². The van der Waals surface area contributed by atoms with Crippen LogP contribution >= 0.6 is 11.3 Å². The molecule has 0 spiro atoms. The first-order valence-corrected chi connectivity index (χ1v) is 12.4. The summed E-state index contributed by atoms with van der Waals surface area (Å²) >= 11 is 1.68. The van der Waals surface area contributed by atoms with Gasteiger partial charge in [0.25, 0.3) is 5.91 Å². The molecule has 1 amide bonds. The monoisotopic (exact) mass is 458 g/mol. The van der Waals surface area contributed by atoms with Crippen LogP contribution in [0, 0.1) is 5.92 Å². The first kappa shape index (κ1) is 20.4. The van der Waals surface area contributed by atoms with Crippen LogP contribution in [0.5, 0.6) is 0 Å². The summed E-state index contributed by atoms with van der Waals surface area (Å²) in [5.74, 6) is 0.511. The first-order chi connectivity index (χ1) is 16.3. The van der Waals surface area contributed by atoms with Crippen molar-refractivity contribution in [3.63, 3.8) is 0 Å². The Hall–Kier alpha value is -3.16. The predicted molar refractivity (Wildman–Crippen MR) is 132 cm³/mol. The average molecular weight is 459 g/mol. The number of nitrogens with one attached hydrogen (secondary N) is 2. The Morgan fingerprint density at radius 1 is 1.12 bits per heavy atom. The highest BCUT2D eigenvalue weighted by Crippen LogP contribution is 2.41. The molecule has 168 valence electrons. The molecule has 2 aliphatic rings. The molecule has 6 rings (SSSR count). The molecule has 4 aromatic rings. The highest BCUT2D eigenvalue weighted by Gasteiger charge is 2.33. The molecule has 6 nitrogen and oxygen atoms in total. The van der Waals surface area contributed by atoms with E-state index in [2.05, 4.69) is 61.5 Å². The number of fused-ring (bicyclic) bond motifs is 1. The topological polar surface area (TPSA) is 70.2 Å². The number of morpholine rings is 1. The maximum absolute atomic E-state index is 13.2. The summed E-state index contributed by atoms with van der Waals surface area (Å²) in [4.78, 5) is 15.5. The van der Waals surface area contributed by atoms with E-state index in [1.165, 1.54) is 24.1 Å². The third-order valence-electron chi connectivity index (χ3n) is 6.62. The number of H-pyrrole nitrogens is 1. The number of amides is 1. The van der Waals surface area contributed by atoms with Gasteiger partial charge in [-0.3, -0.25) is 9.89 Å². The van der Waals surface area contributed by atoms with Crippen molar-refractivity contribution >= 4 is 33.8 Å². The van der Waals surface area contributed by atoms with Crippen molar-refractivity contribution in [3.05, 3.63) is 70.4 Å². The van der Waals surface area contributed by atoms with Gasteiger partial charge in [-0.1, -0.05) is 12.1 Å². The van der Waals surface area contributed by atoms with Crippen LogP contribution in [0.4, 0.5) is 5.69 Å². The number of hydrogen-bond acceptors (Lipinski definition) is 5. The highest BCUT2D eigenvalue weighted by atomic mass is 32.1. The number of rotatable bonds is 6. The maximum atomic E-state index is 13.2. The van der Waals surface area contributed by atoms with E-state index in [9.17, 15) is 4.79 Å². The number of hydrogen-bond donors (Lipinski definition) is 2. The summed E-state index contributed by atoms with van der Waals surface area (Å²) in [6, 6.07) is 16.5. The Kier molecular flexibility index (Phi) is 5.36. The summed E-state index contributed by atoms with van der Waals surface area (Å²) in [6.07, 6.45) is 2.35. The summed E-state index contributed by atoms with van der Waals surface area (Å²) in [5.41, 5.74) is 5.89. The molecule has 1 aliphatic heterocycles. The zero-order valence-corrected chi connectivity index (χ0v) is 19.1. The van der Waals surface area contributed by atoms with Crippen LogP contribution in [0.25, 0.3) is 22.2 Å². The van der Waals surface area contributed by atoms with E-state index in [-0.39, 0.29) is 11.9 Å². The fourth-order valence-corrected chi connectivity index (χ4v) is 5.30. The van der Waals surface area contributed by atoms with Gasteiger partial charge in [0.1, 0.15) is 0 Å². The number of aromatic amines is 1. The molecule has 2 aromatic carbocycles. The molecule has 2 N–H and O–H groups in total. The summed E-state index contributed by atoms with van der Waals surface area (Å²) < 4.78 is 5.46. The minimum Gasteiger partial charge on any atom is -0.378 e. The Labute approximate surface area is 196 Å². The van der Waals surface area contributed by atoms with Crippen molar-refractivity contribution in [2.24, 2.45) is 5.92 Å². The fraction of sp³-hybridized carbons (Fsp3) is 0.308. The molecular weight excluding hydrogens is 432 g/mol. The van der Waals surface area contributed by atoms with E-state index in [0.717, 1.165) is 48.5 Å². The van der Waals surface area contributed by atoms with E-state index in [1.54, 1.807) is 11.3 Å². The minimum absolute atomic E-state index is 0.0326. The number of ether oxygens (including phenoxy) is 1. The predicted octanol–water partition coefficient (Wildman–Crippen LogP) is 5.01. The van der Waals surface area contributed by atoms with E-state index in [1.807, 2.05) is 18.2 Å². The molecule has 2 aromatic heterocycles. The van der Waals surface area contributed by atoms with Crippen molar-refractivity contribution in [1.82, 2.24) is 15.5 Å². The molecule has 0 bridgehead atoms. The third kappa shape index (κ3) is 4.14. The third-order valence-corrected chi connectivity index (χ3v) is 7.33. The lowest BCUT2D eigenvalue weighted by Gasteiger charge is -2.28. The van der Waals surface area contributed by atoms with Crippen molar-refractivity contribution < 1.29 is 9.53 Å². The van der Waals surface area contributed by atoms with E-state index in [0.29, 0.717) is 11.5 Å². The van der Waals surface area contributed by atoms with Gasteiger partial charge < -0.3 is 15.0 Å². The summed E-state index contributed by atoms with van der Waals surface area (Å²) in [5, 5.41) is 16.1. The Morgan fingerprint density at radius 3 is 2.67 bits per heavy atom. The van der Waals surface area contributed by atoms with Gasteiger partial charge in [0.2, 0.25) is 0 Å². The molecule has 2 fully saturated rings. The van der Waals surface area contributed by atoms with Crippen LogP contribution in [-0.2, 0) is 4.74 Å². The van der Waals surface area contributed by atoms with Crippen molar-refractivity contribution in [1.29, 1.82) is 0 Å². The van der Waals surface area contributed by atoms with E-state index in [4.69, 9.17) is 4.74 Å². The van der Waals surface area contributed by atoms with Gasteiger partial charge in [0.15, 0.2) is 0 Å². The molecule has 3 heterocycles. The van der Waals surface area contributed by atoms with Gasteiger partial charge in [-0.25, -0.2) is 0 Å². The second kappa shape index (κ2) is 8.65. The lowest BCUT2D eigenvalue weighted by molar-refractivity contribution is 0.0932. The molecule has 1 saturated carbocycles. The van der Waals surface area contributed by atoms with Crippen LogP contribution in [-0.4, -0.2) is 42.4 Å². The Bertz CT molecular complexity index is 1260. The average Bonchev–Trinajstić information content (AvgIpc) is 3.39. The van der Waals surface area contributed by atoms with Gasteiger partial charge in [0, 0.05) is 35.3 Å². The fourth-order valence-electron chi connectivity index (χ4n) is 4.61. The van der Waals surface area contributed by atoms with Gasteiger partial charge in [-0.05, 0) is 71.5 Å². The highest BCUT2D eigenvalue weighted by molar-refractivity contribution is 7.08. The van der Waals surface area contributed by atoms with Crippen molar-refractivity contribution in [2.45, 2.75) is 18.9 Å². The van der Waals surface area contributed by atoms with Crippen LogP contribution in [0.2, 0.25) is 0 Å². The second-order valence-electron chi connectivity index (χ2n) is 8.82. The summed E-state index contributed by atoms with van der Waals surface area (Å²) in [6.45, 7) is 3.36. The van der Waals surface area contributed by atoms with E-state index >= 15 is 0 Å². The number of anilines is 1. The smallest absolute Gasteiger partial charge is 0.251 e. The van der Waals surface area contributed by atoms with Crippen LogP contribution in [0.1, 0.15) is 34.8 Å². The number of carbonyl (C=O) groups excluding carboxylic acids is 1. The van der Waals surface area contributed by atoms with Crippen molar-refractivity contribution in [3.8, 4) is 11.3 Å². The number of nitrogens with zero attached hydrogens (tertiary/aromatic N) is 2. The standard InChI is InChI=1S/C26H26N4O2S/c31-26(27-24(17-1-2-17)20-9-14-33-16-20)19-5-8-23-22(15-19)25(29-28-23)18-3-6-21(7-4-18)30-10-12-32-13-11-30/h3-9,14-17,24H,1-2,10-13H2,(H,27,31)(H,28,29). The number of benzene rings is 2. The van der Waals surface area contributed by atoms with Gasteiger partial charge in [-0.2, -0.15) is 16.4 Å². The summed E-state index contributed by atoms with van der Waals surface area (Å²) in [7, 11) is 0. The van der Waals surface area contributed by atoms with Gasteiger partial charge >= 0.3 is 0 Å². The zero-order chi connectivity index (χ0) is 22.2. The molecule has 1 unspecified atom stereocenters. The number of aromatic nitrogens is 2. The lowest BCUT2D eigenvalue weighted by atomic mass is 10.0. The molecule has 7 heteroatoms. The molecule has 0 radical (unpaired) electrons. The Morgan fingerprint density at radius 2 is 1.94 bits per heavy atom. The minimum atomic E-state index is -0.0326. The van der Waals surface area contributed by atoms with E-state index < -0.39 is 0 Å². The maximum Gasteiger partial charge on any atom is 0.251 e. The molecule has 1 aliphatic carbocycles. The molecule has 1 atom stereocenters. The quantitative estimate of drug-likeness (QED) is 0.426. The Balaban J connectivity index is 1.26. The molecule has 1 saturated heterocycles. The second-order valence-corrected chi connectivity index (χ2v) is 9.60. The van der Waals surface area contributed by atoms with Crippen LogP contribution in [0.15, 0.2) is 59.3 Å².